The Morgan fingerprint density at radius 3 is 2.03 bits per heavy atom. The van der Waals surface area contributed by atoms with Crippen molar-refractivity contribution in [2.45, 2.75) is 53.2 Å². The van der Waals surface area contributed by atoms with Crippen LogP contribution in [0.4, 0.5) is 0 Å². The van der Waals surface area contributed by atoms with Gasteiger partial charge in [0.15, 0.2) is 0 Å². The smallest absolute Gasteiger partial charge is 0.0774 e. The zero-order valence-electron chi connectivity index (χ0n) is 39.2. The van der Waals surface area contributed by atoms with Crippen LogP contribution in [-0.2, 0) is 20.1 Å². The third-order valence-corrected chi connectivity index (χ3v) is 10.8. The molecule has 7 aromatic carbocycles. The molecule has 0 fully saturated rings. The van der Waals surface area contributed by atoms with Gasteiger partial charge in [-0.2, -0.15) is 0 Å². The number of nitrogens with zero attached hydrogens (tertiary/aromatic N) is 3. The Balaban J connectivity index is 0.000000232. The van der Waals surface area contributed by atoms with Crippen molar-refractivity contribution in [2.24, 2.45) is 0 Å². The Bertz CT molecular complexity index is 3230. The maximum Gasteiger partial charge on any atom is 0.0774 e. The minimum absolute atomic E-state index is 0. The summed E-state index contributed by atoms with van der Waals surface area (Å²) in [7, 11) is 0. The maximum absolute atomic E-state index is 7.28. The van der Waals surface area contributed by atoms with E-state index in [0.29, 0.717) is 23.1 Å². The first-order valence-corrected chi connectivity index (χ1v) is 19.6. The van der Waals surface area contributed by atoms with Crippen molar-refractivity contribution in [2.75, 3.05) is 0 Å². The van der Waals surface area contributed by atoms with Gasteiger partial charge in [0.05, 0.1) is 16.9 Å². The summed E-state index contributed by atoms with van der Waals surface area (Å²) in [5.41, 5.74) is 11.4. The zero-order chi connectivity index (χ0) is 44.9. The van der Waals surface area contributed by atoms with Crippen molar-refractivity contribution in [1.29, 1.82) is 0 Å². The van der Waals surface area contributed by atoms with Gasteiger partial charge in [-0.25, -0.2) is 0 Å². The van der Waals surface area contributed by atoms with E-state index in [9.17, 15) is 0 Å². The Kier molecular flexibility index (Phi) is 9.23. The van der Waals surface area contributed by atoms with E-state index in [1.165, 1.54) is 68.3 Å². The largest absolute Gasteiger partial charge is 0.557 e. The summed E-state index contributed by atoms with van der Waals surface area (Å²) >= 11 is 0. The standard InChI is InChI=1S/C41H33N2O.C13H12N.Ir/c1-25(2)31-12-9-13-32(26(3)4)40(31)43-38-15-8-7-14-37(38)42-41(43)36-24-44-39-21-20-30(23-35(36)39)29-19-18-28-17-16-27-10-5-6-11-33(27)34(28)22-29;1-10-3-6-12(7-4-10)13-8-5-11(2)9-14-13;/h5-23,25-26H,1-4H3;3-6,8-9H,1-2H3;/q2*-1;/i;1D3,2D3;. The van der Waals surface area contributed by atoms with Gasteiger partial charge >= 0.3 is 0 Å². The number of furan rings is 1. The van der Waals surface area contributed by atoms with Crippen molar-refractivity contribution >= 4 is 43.5 Å². The number of rotatable bonds is 6. The number of aromatic nitrogens is 3. The average molecular weight is 950 g/mol. The normalized spacial score (nSPS) is 13.3. The summed E-state index contributed by atoms with van der Waals surface area (Å²) in [5.74, 6) is 1.54. The zero-order valence-corrected chi connectivity index (χ0v) is 35.6. The van der Waals surface area contributed by atoms with Gasteiger partial charge in [-0.1, -0.05) is 155 Å². The van der Waals surface area contributed by atoms with Crippen LogP contribution in [0.1, 0.15) is 70.0 Å². The van der Waals surface area contributed by atoms with E-state index in [0.717, 1.165) is 39.0 Å². The minimum Gasteiger partial charge on any atom is -0.557 e. The fourth-order valence-corrected chi connectivity index (χ4v) is 7.83. The second-order valence-electron chi connectivity index (χ2n) is 15.3. The van der Waals surface area contributed by atoms with E-state index >= 15 is 0 Å². The number of aryl methyl sites for hydroxylation is 2. The second-order valence-corrected chi connectivity index (χ2v) is 15.3. The van der Waals surface area contributed by atoms with Crippen molar-refractivity contribution in [3.63, 3.8) is 0 Å². The molecule has 10 aromatic rings. The molecule has 0 aliphatic carbocycles. The molecule has 0 aliphatic rings. The molecule has 0 spiro atoms. The molecule has 59 heavy (non-hydrogen) atoms. The Morgan fingerprint density at radius 2 is 1.32 bits per heavy atom. The number of benzene rings is 7. The molecule has 293 valence electrons. The van der Waals surface area contributed by atoms with Gasteiger partial charge < -0.3 is 14.0 Å². The Morgan fingerprint density at radius 1 is 0.644 bits per heavy atom. The monoisotopic (exact) mass is 950 g/mol. The first-order chi connectivity index (χ1) is 30.7. The summed E-state index contributed by atoms with van der Waals surface area (Å²) in [5, 5.41) is 6.02. The first kappa shape index (κ1) is 32.8. The fraction of sp³-hybridized carbons (Fsp3) is 0.148. The minimum atomic E-state index is -2.18. The average Bonchev–Trinajstić information content (AvgIpc) is 3.89. The molecule has 3 aromatic heterocycles. The Hall–Kier alpha value is -6.13. The topological polar surface area (TPSA) is 43.9 Å². The van der Waals surface area contributed by atoms with Crippen LogP contribution < -0.4 is 0 Å². The molecule has 0 aliphatic heterocycles. The predicted octanol–water partition coefficient (Wildman–Crippen LogP) is 14.6. The van der Waals surface area contributed by atoms with Crippen LogP contribution >= 0.6 is 0 Å². The molecule has 1 radical (unpaired) electrons. The number of para-hydroxylation sites is 3. The van der Waals surface area contributed by atoms with Gasteiger partial charge in [-0.15, -0.1) is 35.4 Å². The van der Waals surface area contributed by atoms with E-state index in [4.69, 9.17) is 17.6 Å². The van der Waals surface area contributed by atoms with Crippen LogP contribution in [0.2, 0.25) is 0 Å². The van der Waals surface area contributed by atoms with Crippen LogP contribution in [0, 0.1) is 26.0 Å². The molecule has 0 saturated heterocycles. The third-order valence-electron chi connectivity index (χ3n) is 10.8. The van der Waals surface area contributed by atoms with Crippen molar-refractivity contribution in [1.82, 2.24) is 14.5 Å². The van der Waals surface area contributed by atoms with Crippen LogP contribution in [-0.4, -0.2) is 14.5 Å². The summed E-state index contributed by atoms with van der Waals surface area (Å²) in [4.78, 5) is 9.31. The van der Waals surface area contributed by atoms with Crippen molar-refractivity contribution in [3.05, 3.63) is 186 Å². The molecule has 5 heteroatoms. The summed E-state index contributed by atoms with van der Waals surface area (Å²) < 4.78 is 52.1. The molecule has 4 nitrogen and oxygen atoms in total. The molecule has 0 bridgehead atoms. The molecular weight excluding hydrogens is 899 g/mol. The fourth-order valence-electron chi connectivity index (χ4n) is 7.83. The van der Waals surface area contributed by atoms with Crippen molar-refractivity contribution < 1.29 is 32.7 Å². The van der Waals surface area contributed by atoms with Crippen LogP contribution in [0.3, 0.4) is 0 Å². The number of pyridine rings is 1. The van der Waals surface area contributed by atoms with E-state index in [2.05, 4.69) is 165 Å². The van der Waals surface area contributed by atoms with Gasteiger partial charge in [0, 0.05) is 52.1 Å². The molecule has 10 rings (SSSR count). The molecular formula is C54H45IrN3O-2. The maximum atomic E-state index is 7.28. The van der Waals surface area contributed by atoms with Gasteiger partial charge in [0.1, 0.15) is 0 Å². The van der Waals surface area contributed by atoms with Crippen LogP contribution in [0.15, 0.2) is 156 Å². The molecule has 0 N–H and O–H groups in total. The van der Waals surface area contributed by atoms with Gasteiger partial charge in [-0.3, -0.25) is 4.98 Å². The number of hydrogen-bond acceptors (Lipinski definition) is 3. The number of hydrogen-bond donors (Lipinski definition) is 0. The summed E-state index contributed by atoms with van der Waals surface area (Å²) in [6.07, 6.45) is 4.57. The molecule has 0 saturated carbocycles. The van der Waals surface area contributed by atoms with Crippen molar-refractivity contribution in [3.8, 4) is 39.5 Å². The number of fused-ring (bicyclic) bond motifs is 5. The molecule has 0 atom stereocenters. The predicted molar refractivity (Wildman–Crippen MR) is 242 cm³/mol. The van der Waals surface area contributed by atoms with E-state index in [-0.39, 0.29) is 31.2 Å². The third kappa shape index (κ3) is 7.65. The van der Waals surface area contributed by atoms with Crippen LogP contribution in [0.25, 0.3) is 83.0 Å². The molecule has 3 heterocycles. The number of imidazole rings is 1. The summed E-state index contributed by atoms with van der Waals surface area (Å²) in [6.45, 7) is 4.72. The van der Waals surface area contributed by atoms with E-state index in [1.807, 2.05) is 0 Å². The quantitative estimate of drug-likeness (QED) is 0.123. The van der Waals surface area contributed by atoms with E-state index in [1.54, 1.807) is 12.1 Å². The second kappa shape index (κ2) is 16.6. The SMILES string of the molecule is CC(C)c1cccc(C(C)C)c1-n1c(-c2[c-]oc3ccc(-c4ccc5ccc6ccccc6c5c4)cc23)nc2ccccc21.[2H]C([2H])([2H])c1c[c-]c(-c2ccc(C([2H])([2H])[2H])cn2)cc1.[Ir]. The Labute approximate surface area is 368 Å². The summed E-state index contributed by atoms with van der Waals surface area (Å²) in [6, 6.07) is 51.7. The van der Waals surface area contributed by atoms with Gasteiger partial charge in [0.25, 0.3) is 0 Å². The van der Waals surface area contributed by atoms with Gasteiger partial charge in [-0.05, 0) is 91.9 Å². The van der Waals surface area contributed by atoms with E-state index < -0.39 is 13.7 Å². The molecule has 0 amide bonds. The van der Waals surface area contributed by atoms with Gasteiger partial charge in [0.2, 0.25) is 0 Å². The van der Waals surface area contributed by atoms with Crippen LogP contribution in [0.5, 0.6) is 0 Å². The molecule has 0 unspecified atom stereocenters. The first-order valence-electron chi connectivity index (χ1n) is 22.6.